The van der Waals surface area contributed by atoms with Crippen LogP contribution in [0.15, 0.2) is 0 Å². The zero-order chi connectivity index (χ0) is 8.41. The van der Waals surface area contributed by atoms with Crippen molar-refractivity contribution >= 4 is 17.9 Å². The van der Waals surface area contributed by atoms with Gasteiger partial charge in [-0.25, -0.2) is 13.2 Å². The molecule has 10 heavy (non-hydrogen) atoms. The molecule has 5 heteroatoms. The zero-order valence-corrected chi connectivity index (χ0v) is 5.96. The molecule has 0 saturated heterocycles. The van der Waals surface area contributed by atoms with Crippen molar-refractivity contribution in [2.24, 2.45) is 0 Å². The van der Waals surface area contributed by atoms with E-state index in [9.17, 15) is 18.0 Å². The van der Waals surface area contributed by atoms with Gasteiger partial charge in [0.1, 0.15) is 6.29 Å². The molecule has 0 aliphatic rings. The molecule has 0 aromatic rings. The van der Waals surface area contributed by atoms with Crippen LogP contribution in [0.2, 0.25) is 0 Å². The summed E-state index contributed by atoms with van der Waals surface area (Å²) >= 11 is 4.66. The highest BCUT2D eigenvalue weighted by Gasteiger charge is 2.49. The molecule has 1 nitrogen and oxygen atoms in total. The summed E-state index contributed by atoms with van der Waals surface area (Å²) in [6, 6.07) is 0. The Morgan fingerprint density at radius 2 is 1.90 bits per heavy atom. The van der Waals surface area contributed by atoms with Crippen molar-refractivity contribution in [2.75, 3.05) is 0 Å². The maximum Gasteiger partial charge on any atom is 0.292 e. The van der Waals surface area contributed by atoms with E-state index in [2.05, 4.69) is 11.6 Å². The van der Waals surface area contributed by atoms with Gasteiger partial charge in [0.05, 0.1) is 6.42 Å². The minimum Gasteiger partial charge on any atom is -0.303 e. The van der Waals surface area contributed by atoms with Gasteiger partial charge in [0.15, 0.2) is 0 Å². The van der Waals surface area contributed by atoms with Crippen LogP contribution in [-0.2, 0) is 4.79 Å². The first kappa shape index (κ1) is 9.75. The fourth-order valence-corrected chi connectivity index (χ4v) is 0.347. The number of rotatable bonds is 3. The minimum absolute atomic E-state index is 0.0183. The van der Waals surface area contributed by atoms with Gasteiger partial charge in [-0.1, -0.05) is 11.6 Å². The molecule has 0 aromatic carbocycles. The second kappa shape index (κ2) is 2.78. The smallest absolute Gasteiger partial charge is 0.292 e. The van der Waals surface area contributed by atoms with E-state index in [1.54, 1.807) is 0 Å². The number of halogens is 4. The fraction of sp³-hybridized carbons (Fsp3) is 0.800. The van der Waals surface area contributed by atoms with E-state index in [1.807, 2.05) is 0 Å². The quantitative estimate of drug-likeness (QED) is 0.473. The van der Waals surface area contributed by atoms with Crippen LogP contribution in [-0.4, -0.2) is 17.3 Å². The van der Waals surface area contributed by atoms with E-state index < -0.39 is 17.5 Å². The van der Waals surface area contributed by atoms with Gasteiger partial charge in [-0.15, -0.1) is 0 Å². The predicted molar refractivity (Wildman–Crippen MR) is 31.0 cm³/mol. The highest BCUT2D eigenvalue weighted by molar-refractivity contribution is 6.24. The van der Waals surface area contributed by atoms with Gasteiger partial charge >= 0.3 is 0 Å². The van der Waals surface area contributed by atoms with Gasteiger partial charge in [-0.2, -0.15) is 0 Å². The number of hydrogen-bond donors (Lipinski definition) is 0. The Kier molecular flexibility index (Phi) is 2.71. The minimum atomic E-state index is -3.69. The molecule has 0 heterocycles. The summed E-state index contributed by atoms with van der Waals surface area (Å²) in [6.07, 6.45) is -0.984. The van der Waals surface area contributed by atoms with Crippen molar-refractivity contribution in [1.29, 1.82) is 0 Å². The van der Waals surface area contributed by atoms with Crippen LogP contribution < -0.4 is 0 Å². The summed E-state index contributed by atoms with van der Waals surface area (Å²) in [5.74, 6) is -3.69. The van der Waals surface area contributed by atoms with Crippen molar-refractivity contribution in [3.63, 3.8) is 0 Å². The first-order chi connectivity index (χ1) is 4.31. The third-order valence-electron chi connectivity index (χ3n) is 0.982. The fourth-order valence-electron chi connectivity index (χ4n) is 0.284. The largest absolute Gasteiger partial charge is 0.303 e. The molecule has 1 atom stereocenters. The van der Waals surface area contributed by atoms with Crippen LogP contribution in [0.25, 0.3) is 0 Å². The molecule has 0 amide bonds. The van der Waals surface area contributed by atoms with Crippen molar-refractivity contribution in [3.8, 4) is 0 Å². The Morgan fingerprint density at radius 3 is 2.00 bits per heavy atom. The van der Waals surface area contributed by atoms with E-state index >= 15 is 0 Å². The van der Waals surface area contributed by atoms with Crippen molar-refractivity contribution < 1.29 is 18.0 Å². The average molecular weight is 175 g/mol. The number of carbonyl (C=O) groups excluding carboxylic acids is 1. The Hall–Kier alpha value is -0.250. The normalized spacial score (nSPS) is 18.1. The van der Waals surface area contributed by atoms with Crippen LogP contribution in [0.1, 0.15) is 13.3 Å². The molecule has 0 spiro atoms. The lowest BCUT2D eigenvalue weighted by Gasteiger charge is -2.21. The molecule has 0 aliphatic carbocycles. The van der Waals surface area contributed by atoms with Gasteiger partial charge in [0.25, 0.3) is 11.1 Å². The number of carbonyl (C=O) groups is 1. The standard InChI is InChI=1S/C5H6ClF3O/c1-4(7,8)5(6,9)2-3-10/h3H,2H2,1H3. The molecule has 0 aliphatic heterocycles. The molecule has 60 valence electrons. The number of aldehydes is 1. The van der Waals surface area contributed by atoms with E-state index in [0.717, 1.165) is 0 Å². The highest BCUT2D eigenvalue weighted by Crippen LogP contribution is 2.37. The Labute approximate surface area is 61.2 Å². The second-order valence-corrected chi connectivity index (χ2v) is 2.56. The van der Waals surface area contributed by atoms with Crippen molar-refractivity contribution in [1.82, 2.24) is 0 Å². The third-order valence-corrected chi connectivity index (χ3v) is 1.47. The summed E-state index contributed by atoms with van der Waals surface area (Å²) < 4.78 is 36.4. The molecule has 0 bridgehead atoms. The number of alkyl halides is 4. The topological polar surface area (TPSA) is 17.1 Å². The maximum atomic E-state index is 12.4. The van der Waals surface area contributed by atoms with Gasteiger partial charge in [0.2, 0.25) is 0 Å². The summed E-state index contributed by atoms with van der Waals surface area (Å²) in [4.78, 5) is 9.61. The van der Waals surface area contributed by atoms with E-state index in [4.69, 9.17) is 0 Å². The van der Waals surface area contributed by atoms with Crippen LogP contribution in [0.4, 0.5) is 13.2 Å². The van der Waals surface area contributed by atoms with Crippen LogP contribution >= 0.6 is 11.6 Å². The monoisotopic (exact) mass is 174 g/mol. The molecule has 0 fully saturated rings. The van der Waals surface area contributed by atoms with Crippen molar-refractivity contribution in [3.05, 3.63) is 0 Å². The molecule has 0 N–H and O–H groups in total. The van der Waals surface area contributed by atoms with Crippen LogP contribution in [0, 0.1) is 0 Å². The van der Waals surface area contributed by atoms with Gasteiger partial charge in [0, 0.05) is 6.92 Å². The molecule has 0 saturated carbocycles. The summed E-state index contributed by atoms with van der Waals surface area (Å²) in [5.41, 5.74) is 0. The summed E-state index contributed by atoms with van der Waals surface area (Å²) in [5, 5.41) is -3.24. The molecule has 0 radical (unpaired) electrons. The van der Waals surface area contributed by atoms with Gasteiger partial charge < -0.3 is 4.79 Å². The van der Waals surface area contributed by atoms with Crippen LogP contribution in [0.3, 0.4) is 0 Å². The predicted octanol–water partition coefficient (Wildman–Crippen LogP) is 2.14. The molecule has 0 rings (SSSR count). The maximum absolute atomic E-state index is 12.4. The van der Waals surface area contributed by atoms with Gasteiger partial charge in [-0.3, -0.25) is 0 Å². The third kappa shape index (κ3) is 2.17. The zero-order valence-electron chi connectivity index (χ0n) is 5.20. The average Bonchev–Trinajstić information content (AvgIpc) is 1.61. The number of hydrogen-bond acceptors (Lipinski definition) is 1. The first-order valence-corrected chi connectivity index (χ1v) is 2.88. The molecular weight excluding hydrogens is 169 g/mol. The van der Waals surface area contributed by atoms with Crippen molar-refractivity contribution in [2.45, 2.75) is 24.4 Å². The summed E-state index contributed by atoms with van der Waals surface area (Å²) in [7, 11) is 0. The Bertz CT molecular complexity index is 129. The van der Waals surface area contributed by atoms with E-state index in [1.165, 1.54) is 0 Å². The lowest BCUT2D eigenvalue weighted by molar-refractivity contribution is -0.118. The second-order valence-electron chi connectivity index (χ2n) is 1.96. The molecule has 0 aromatic heterocycles. The van der Waals surface area contributed by atoms with E-state index in [0.29, 0.717) is 6.92 Å². The van der Waals surface area contributed by atoms with Crippen LogP contribution in [0.5, 0.6) is 0 Å². The van der Waals surface area contributed by atoms with Gasteiger partial charge in [-0.05, 0) is 0 Å². The lowest BCUT2D eigenvalue weighted by Crippen LogP contribution is -2.36. The van der Waals surface area contributed by atoms with E-state index in [-0.39, 0.29) is 6.29 Å². The first-order valence-electron chi connectivity index (χ1n) is 2.50. The highest BCUT2D eigenvalue weighted by atomic mass is 35.5. The molecular formula is C5H6ClF3O. The molecule has 1 unspecified atom stereocenters. The Balaban J connectivity index is 4.23. The summed E-state index contributed by atoms with van der Waals surface area (Å²) in [6.45, 7) is 0.323. The SMILES string of the molecule is CC(F)(F)C(F)(Cl)CC=O. The Morgan fingerprint density at radius 1 is 1.50 bits per heavy atom. The lowest BCUT2D eigenvalue weighted by atomic mass is 10.2.